The molecule has 1 saturated heterocycles. The van der Waals surface area contributed by atoms with E-state index in [-0.39, 0.29) is 24.4 Å². The van der Waals surface area contributed by atoms with Crippen LogP contribution in [-0.2, 0) is 17.9 Å². The molecule has 2 aromatic carbocycles. The van der Waals surface area contributed by atoms with Crippen LogP contribution in [0.1, 0.15) is 42.1 Å². The predicted octanol–water partition coefficient (Wildman–Crippen LogP) is 6.11. The number of pyridine rings is 1. The van der Waals surface area contributed by atoms with E-state index in [1.165, 1.54) is 12.1 Å². The normalized spacial score (nSPS) is 15.6. The molecule has 1 fully saturated rings. The number of hydrogen-bond acceptors (Lipinski definition) is 6. The third kappa shape index (κ3) is 6.44. The van der Waals surface area contributed by atoms with Crippen molar-refractivity contribution in [3.63, 3.8) is 0 Å². The van der Waals surface area contributed by atoms with Crippen LogP contribution < -0.4 is 4.74 Å². The zero-order chi connectivity index (χ0) is 26.3. The molecule has 5 rings (SSSR count). The molecule has 6 nitrogen and oxygen atoms in total. The second-order valence-electron chi connectivity index (χ2n) is 9.66. The molecule has 0 bridgehead atoms. The van der Waals surface area contributed by atoms with Gasteiger partial charge in [0.15, 0.2) is 6.61 Å². The second-order valence-corrected chi connectivity index (χ2v) is 10.4. The Labute approximate surface area is 226 Å². The lowest BCUT2D eigenvalue weighted by Crippen LogP contribution is -2.41. The lowest BCUT2D eigenvalue weighted by Gasteiger charge is -2.36. The highest BCUT2D eigenvalue weighted by molar-refractivity contribution is 7.07. The van der Waals surface area contributed by atoms with Crippen LogP contribution >= 0.6 is 11.3 Å². The third-order valence-electron chi connectivity index (χ3n) is 6.84. The Kier molecular flexibility index (Phi) is 8.41. The maximum Gasteiger partial charge on any atom is 0.261 e. The first-order chi connectivity index (χ1) is 18.6. The topological polar surface area (TPSA) is 58.6 Å². The highest BCUT2D eigenvalue weighted by Gasteiger charge is 2.28. The van der Waals surface area contributed by atoms with Crippen molar-refractivity contribution < 1.29 is 13.9 Å². The number of halogens is 1. The van der Waals surface area contributed by atoms with E-state index in [4.69, 9.17) is 4.74 Å². The fourth-order valence-corrected chi connectivity index (χ4v) is 5.53. The van der Waals surface area contributed by atoms with Gasteiger partial charge in [0.1, 0.15) is 11.6 Å². The molecule has 1 atom stereocenters. The summed E-state index contributed by atoms with van der Waals surface area (Å²) in [6.45, 7) is 1.99. The predicted molar refractivity (Wildman–Crippen MR) is 147 cm³/mol. The summed E-state index contributed by atoms with van der Waals surface area (Å²) < 4.78 is 19.7. The fourth-order valence-electron chi connectivity index (χ4n) is 4.98. The number of nitrogens with zero attached hydrogens (tertiary/aromatic N) is 4. The number of carbonyl (C=O) groups excluding carboxylic acids is 1. The Morgan fingerprint density at radius 3 is 2.74 bits per heavy atom. The smallest absolute Gasteiger partial charge is 0.261 e. The number of benzene rings is 2. The molecule has 2 aromatic heterocycles. The molecule has 0 N–H and O–H groups in total. The summed E-state index contributed by atoms with van der Waals surface area (Å²) in [6.07, 6.45) is 6.61. The molecule has 1 aliphatic rings. The molecule has 1 aliphatic heterocycles. The van der Waals surface area contributed by atoms with Crippen molar-refractivity contribution in [2.24, 2.45) is 0 Å². The van der Waals surface area contributed by atoms with Gasteiger partial charge in [0.05, 0.1) is 17.2 Å². The standard InChI is InChI=1S/C30H31FN4O2S/c1-34(18-27-20-38-21-33-27)17-25-15-23(22-7-10-26(31)11-8-22)9-12-29(25)37-19-30(36)35-14-3-2-6-28(35)24-5-4-13-32-16-24/h4-5,7-13,15-16,20-21,28H,2-3,6,14,17-19H2,1H3/t28-/m1/s1. The van der Waals surface area contributed by atoms with Gasteiger partial charge in [-0.25, -0.2) is 9.37 Å². The number of carbonyl (C=O) groups is 1. The van der Waals surface area contributed by atoms with E-state index in [9.17, 15) is 9.18 Å². The molecule has 4 aromatic rings. The Morgan fingerprint density at radius 2 is 1.97 bits per heavy atom. The summed E-state index contributed by atoms with van der Waals surface area (Å²) in [5, 5.41) is 2.04. The molecule has 0 unspecified atom stereocenters. The number of rotatable bonds is 9. The lowest BCUT2D eigenvalue weighted by molar-refractivity contribution is -0.137. The van der Waals surface area contributed by atoms with Crippen LogP contribution in [0.5, 0.6) is 5.75 Å². The van der Waals surface area contributed by atoms with Crippen LogP contribution in [0.15, 0.2) is 77.9 Å². The second kappa shape index (κ2) is 12.3. The van der Waals surface area contributed by atoms with Crippen LogP contribution in [0, 0.1) is 5.82 Å². The molecule has 3 heterocycles. The number of amides is 1. The highest BCUT2D eigenvalue weighted by atomic mass is 32.1. The molecule has 38 heavy (non-hydrogen) atoms. The first-order valence-corrected chi connectivity index (χ1v) is 13.8. The fraction of sp³-hybridized carbons (Fsp3) is 0.300. The minimum Gasteiger partial charge on any atom is -0.483 e. The van der Waals surface area contributed by atoms with Crippen molar-refractivity contribution in [2.75, 3.05) is 20.2 Å². The van der Waals surface area contributed by atoms with Gasteiger partial charge < -0.3 is 9.64 Å². The Morgan fingerprint density at radius 1 is 1.13 bits per heavy atom. The molecule has 0 radical (unpaired) electrons. The maximum atomic E-state index is 13.5. The summed E-state index contributed by atoms with van der Waals surface area (Å²) in [5.41, 5.74) is 6.75. The monoisotopic (exact) mass is 530 g/mol. The maximum absolute atomic E-state index is 13.5. The number of ether oxygens (including phenoxy) is 1. The van der Waals surface area contributed by atoms with Crippen molar-refractivity contribution in [1.29, 1.82) is 0 Å². The van der Waals surface area contributed by atoms with E-state index in [1.807, 2.05) is 53.3 Å². The van der Waals surface area contributed by atoms with Crippen LogP contribution in [0.25, 0.3) is 11.1 Å². The zero-order valence-electron chi connectivity index (χ0n) is 21.4. The summed E-state index contributed by atoms with van der Waals surface area (Å²) in [5.74, 6) is 0.380. The van der Waals surface area contributed by atoms with Crippen molar-refractivity contribution >= 4 is 17.2 Å². The van der Waals surface area contributed by atoms with Crippen LogP contribution in [0.4, 0.5) is 4.39 Å². The molecule has 0 saturated carbocycles. The van der Waals surface area contributed by atoms with Crippen molar-refractivity contribution in [3.8, 4) is 16.9 Å². The zero-order valence-corrected chi connectivity index (χ0v) is 22.2. The number of likely N-dealkylation sites (tertiary alicyclic amines) is 1. The number of hydrogen-bond donors (Lipinski definition) is 0. The van der Waals surface area contributed by atoms with Crippen LogP contribution in [-0.4, -0.2) is 45.9 Å². The van der Waals surface area contributed by atoms with E-state index >= 15 is 0 Å². The van der Waals surface area contributed by atoms with E-state index in [2.05, 4.69) is 20.9 Å². The molecule has 196 valence electrons. The van der Waals surface area contributed by atoms with Crippen LogP contribution in [0.2, 0.25) is 0 Å². The van der Waals surface area contributed by atoms with E-state index < -0.39 is 0 Å². The molecular weight excluding hydrogens is 499 g/mol. The van der Waals surface area contributed by atoms with Gasteiger partial charge in [0.2, 0.25) is 0 Å². The minimum atomic E-state index is -0.266. The third-order valence-corrected chi connectivity index (χ3v) is 7.47. The van der Waals surface area contributed by atoms with Gasteiger partial charge in [-0.1, -0.05) is 24.3 Å². The van der Waals surface area contributed by atoms with E-state index in [1.54, 1.807) is 29.7 Å². The van der Waals surface area contributed by atoms with E-state index in [0.717, 1.165) is 47.2 Å². The Balaban J connectivity index is 1.34. The SMILES string of the molecule is CN(Cc1cscn1)Cc1cc(-c2ccc(F)cc2)ccc1OCC(=O)N1CCCC[C@@H]1c1cccnc1. The largest absolute Gasteiger partial charge is 0.483 e. The minimum absolute atomic E-state index is 0.0251. The Bertz CT molecular complexity index is 1330. The van der Waals surface area contributed by atoms with Gasteiger partial charge in [-0.05, 0) is 73.3 Å². The van der Waals surface area contributed by atoms with Gasteiger partial charge in [-0.2, -0.15) is 0 Å². The Hall–Kier alpha value is -3.62. The van der Waals surface area contributed by atoms with Crippen LogP contribution in [0.3, 0.4) is 0 Å². The average Bonchev–Trinajstić information content (AvgIpc) is 3.46. The lowest BCUT2D eigenvalue weighted by atomic mass is 9.96. The first-order valence-electron chi connectivity index (χ1n) is 12.8. The molecule has 0 aliphatic carbocycles. The van der Waals surface area contributed by atoms with Crippen molar-refractivity contribution in [1.82, 2.24) is 19.8 Å². The van der Waals surface area contributed by atoms with Gasteiger partial charge in [-0.3, -0.25) is 14.7 Å². The summed E-state index contributed by atoms with van der Waals surface area (Å²) in [6, 6.07) is 16.4. The molecule has 8 heteroatoms. The average molecular weight is 531 g/mol. The van der Waals surface area contributed by atoms with Gasteiger partial charge in [-0.15, -0.1) is 11.3 Å². The first kappa shape index (κ1) is 26.0. The van der Waals surface area contributed by atoms with Gasteiger partial charge in [0.25, 0.3) is 5.91 Å². The number of piperidine rings is 1. The summed E-state index contributed by atoms with van der Waals surface area (Å²) >= 11 is 1.58. The van der Waals surface area contributed by atoms with Crippen molar-refractivity contribution in [2.45, 2.75) is 38.4 Å². The quantitative estimate of drug-likeness (QED) is 0.261. The summed E-state index contributed by atoms with van der Waals surface area (Å²) in [7, 11) is 2.03. The molecule has 0 spiro atoms. The number of aromatic nitrogens is 2. The van der Waals surface area contributed by atoms with Gasteiger partial charge in [0, 0.05) is 43.0 Å². The van der Waals surface area contributed by atoms with Crippen molar-refractivity contribution in [3.05, 3.63) is 101 Å². The highest BCUT2D eigenvalue weighted by Crippen LogP contribution is 2.32. The van der Waals surface area contributed by atoms with Gasteiger partial charge >= 0.3 is 0 Å². The van der Waals surface area contributed by atoms with E-state index in [0.29, 0.717) is 25.4 Å². The molecular formula is C30H31FN4O2S. The number of thiazole rings is 1. The summed E-state index contributed by atoms with van der Waals surface area (Å²) in [4.78, 5) is 26.1. The molecule has 1 amide bonds.